The van der Waals surface area contributed by atoms with E-state index in [1.807, 2.05) is 54.3 Å². The van der Waals surface area contributed by atoms with Crippen molar-refractivity contribution in [3.63, 3.8) is 0 Å². The summed E-state index contributed by atoms with van der Waals surface area (Å²) in [5.74, 6) is 1.54. The first-order valence-corrected chi connectivity index (χ1v) is 10.4. The molecule has 1 amide bonds. The van der Waals surface area contributed by atoms with Gasteiger partial charge >= 0.3 is 0 Å². The van der Waals surface area contributed by atoms with Crippen LogP contribution < -0.4 is 20.3 Å². The molecule has 0 bridgehead atoms. The molecule has 31 heavy (non-hydrogen) atoms. The van der Waals surface area contributed by atoms with Crippen LogP contribution in [0.4, 0.5) is 5.69 Å². The summed E-state index contributed by atoms with van der Waals surface area (Å²) < 4.78 is 5.26. The van der Waals surface area contributed by atoms with Gasteiger partial charge < -0.3 is 25.2 Å². The van der Waals surface area contributed by atoms with Gasteiger partial charge in [0.1, 0.15) is 5.75 Å². The number of methoxy groups -OCH3 is 1. The quantitative estimate of drug-likeness (QED) is 0.323. The highest BCUT2D eigenvalue weighted by molar-refractivity contribution is 14.0. The predicted octanol–water partition coefficient (Wildman–Crippen LogP) is 2.72. The Morgan fingerprint density at radius 2 is 1.77 bits per heavy atom. The zero-order valence-electron chi connectivity index (χ0n) is 18.2. The Balaban J connectivity index is 0.00000341. The number of nitrogens with one attached hydrogen (secondary N) is 2. The van der Waals surface area contributed by atoms with Crippen molar-refractivity contribution in [2.75, 3.05) is 51.3 Å². The second-order valence-electron chi connectivity index (χ2n) is 7.10. The Morgan fingerprint density at radius 3 is 2.45 bits per heavy atom. The first-order chi connectivity index (χ1) is 14.7. The molecule has 2 aromatic carbocycles. The normalized spacial score (nSPS) is 13.9. The van der Waals surface area contributed by atoms with E-state index in [-0.39, 0.29) is 36.4 Å². The summed E-state index contributed by atoms with van der Waals surface area (Å²) in [5.41, 5.74) is 2.26. The second-order valence-corrected chi connectivity index (χ2v) is 7.10. The summed E-state index contributed by atoms with van der Waals surface area (Å²) in [6.07, 6.45) is 0. The molecular formula is C23H32IN5O2. The van der Waals surface area contributed by atoms with Crippen LogP contribution in [0.2, 0.25) is 0 Å². The van der Waals surface area contributed by atoms with Crippen molar-refractivity contribution in [2.45, 2.75) is 13.5 Å². The number of rotatable bonds is 7. The lowest BCUT2D eigenvalue weighted by molar-refractivity contribution is -0.130. The van der Waals surface area contributed by atoms with Gasteiger partial charge in [0.25, 0.3) is 0 Å². The number of para-hydroxylation sites is 1. The largest absolute Gasteiger partial charge is 0.497 e. The molecule has 0 aliphatic carbocycles. The van der Waals surface area contributed by atoms with Crippen molar-refractivity contribution in [3.8, 4) is 5.75 Å². The van der Waals surface area contributed by atoms with Crippen molar-refractivity contribution in [1.82, 2.24) is 15.5 Å². The molecule has 1 aliphatic heterocycles. The van der Waals surface area contributed by atoms with E-state index in [1.165, 1.54) is 5.69 Å². The van der Waals surface area contributed by atoms with Crippen LogP contribution in [0.5, 0.6) is 5.75 Å². The summed E-state index contributed by atoms with van der Waals surface area (Å²) in [6, 6.07) is 18.2. The van der Waals surface area contributed by atoms with Gasteiger partial charge in [-0.1, -0.05) is 30.3 Å². The molecule has 2 N–H and O–H groups in total. The van der Waals surface area contributed by atoms with Crippen LogP contribution in [0.3, 0.4) is 0 Å². The summed E-state index contributed by atoms with van der Waals surface area (Å²) >= 11 is 0. The van der Waals surface area contributed by atoms with Gasteiger partial charge in [-0.3, -0.25) is 4.79 Å². The third-order valence-corrected chi connectivity index (χ3v) is 5.06. The van der Waals surface area contributed by atoms with E-state index in [4.69, 9.17) is 4.74 Å². The summed E-state index contributed by atoms with van der Waals surface area (Å²) in [4.78, 5) is 21.5. The van der Waals surface area contributed by atoms with Crippen LogP contribution in [-0.2, 0) is 11.3 Å². The molecule has 0 radical (unpaired) electrons. The van der Waals surface area contributed by atoms with Gasteiger partial charge in [-0.05, 0) is 36.8 Å². The Labute approximate surface area is 201 Å². The molecule has 1 fully saturated rings. The minimum atomic E-state index is 0. The Hall–Kier alpha value is -2.49. The van der Waals surface area contributed by atoms with Crippen molar-refractivity contribution < 1.29 is 9.53 Å². The fourth-order valence-corrected chi connectivity index (χ4v) is 3.41. The molecule has 1 heterocycles. The molecular weight excluding hydrogens is 505 g/mol. The highest BCUT2D eigenvalue weighted by Gasteiger charge is 2.21. The number of guanidine groups is 1. The first-order valence-electron chi connectivity index (χ1n) is 10.4. The van der Waals surface area contributed by atoms with Gasteiger partial charge in [0.05, 0.1) is 20.2 Å². The zero-order valence-corrected chi connectivity index (χ0v) is 20.5. The monoisotopic (exact) mass is 537 g/mol. The number of benzene rings is 2. The van der Waals surface area contributed by atoms with E-state index in [0.717, 1.165) is 44.0 Å². The number of nitrogens with zero attached hydrogens (tertiary/aromatic N) is 3. The number of hydrogen-bond donors (Lipinski definition) is 2. The van der Waals surface area contributed by atoms with Crippen molar-refractivity contribution in [1.29, 1.82) is 0 Å². The van der Waals surface area contributed by atoms with Crippen molar-refractivity contribution in [2.24, 2.45) is 4.99 Å². The molecule has 0 unspecified atom stereocenters. The zero-order chi connectivity index (χ0) is 21.2. The maximum absolute atomic E-state index is 12.7. The predicted molar refractivity (Wildman–Crippen MR) is 136 cm³/mol. The van der Waals surface area contributed by atoms with Gasteiger partial charge in [0.15, 0.2) is 5.96 Å². The van der Waals surface area contributed by atoms with Gasteiger partial charge in [0, 0.05) is 38.4 Å². The first kappa shape index (κ1) is 24.8. The molecule has 0 saturated carbocycles. The molecule has 1 aliphatic rings. The lowest BCUT2D eigenvalue weighted by Gasteiger charge is -2.36. The molecule has 3 rings (SSSR count). The SMILES string of the molecule is CCNC(=NCc1cccc(OC)c1)NCC(=O)N1CCN(c2ccccc2)CC1.I. The number of piperazine rings is 1. The van der Waals surface area contributed by atoms with Gasteiger partial charge in [-0.2, -0.15) is 0 Å². The minimum Gasteiger partial charge on any atom is -0.497 e. The second kappa shape index (κ2) is 13.0. The van der Waals surface area contributed by atoms with Crippen LogP contribution in [-0.4, -0.2) is 63.1 Å². The molecule has 1 saturated heterocycles. The Kier molecular flexibility index (Phi) is 10.4. The van der Waals surface area contributed by atoms with Gasteiger partial charge in [-0.15, -0.1) is 24.0 Å². The van der Waals surface area contributed by atoms with Crippen LogP contribution >= 0.6 is 24.0 Å². The van der Waals surface area contributed by atoms with E-state index >= 15 is 0 Å². The van der Waals surface area contributed by atoms with Crippen LogP contribution in [0.15, 0.2) is 59.6 Å². The van der Waals surface area contributed by atoms with Gasteiger partial charge in [-0.25, -0.2) is 4.99 Å². The summed E-state index contributed by atoms with van der Waals surface area (Å²) in [6.45, 7) is 6.63. The third-order valence-electron chi connectivity index (χ3n) is 5.06. The smallest absolute Gasteiger partial charge is 0.242 e. The molecule has 0 atom stereocenters. The number of carbonyl (C=O) groups is 1. The van der Waals surface area contributed by atoms with E-state index in [2.05, 4.69) is 32.7 Å². The summed E-state index contributed by atoms with van der Waals surface area (Å²) in [7, 11) is 1.65. The highest BCUT2D eigenvalue weighted by atomic mass is 127. The van der Waals surface area contributed by atoms with Crippen LogP contribution in [0, 0.1) is 0 Å². The number of halogens is 1. The lowest BCUT2D eigenvalue weighted by Crippen LogP contribution is -2.52. The number of amides is 1. The van der Waals surface area contributed by atoms with E-state index in [9.17, 15) is 4.79 Å². The van der Waals surface area contributed by atoms with E-state index in [0.29, 0.717) is 12.5 Å². The average molecular weight is 537 g/mol. The van der Waals surface area contributed by atoms with Crippen LogP contribution in [0.25, 0.3) is 0 Å². The standard InChI is InChI=1S/C23H31N5O2.HI/c1-3-24-23(25-17-19-8-7-11-21(16-19)30-2)26-18-22(29)28-14-12-27(13-15-28)20-9-5-4-6-10-20;/h4-11,16H,3,12-15,17-18H2,1-2H3,(H2,24,25,26);1H. The fourth-order valence-electron chi connectivity index (χ4n) is 3.41. The topological polar surface area (TPSA) is 69.2 Å². The number of aliphatic imine (C=N–C) groups is 1. The molecule has 7 nitrogen and oxygen atoms in total. The minimum absolute atomic E-state index is 0. The molecule has 0 spiro atoms. The lowest BCUT2D eigenvalue weighted by atomic mass is 10.2. The maximum Gasteiger partial charge on any atom is 0.242 e. The van der Waals surface area contributed by atoms with E-state index in [1.54, 1.807) is 7.11 Å². The fraction of sp³-hybridized carbons (Fsp3) is 0.391. The third kappa shape index (κ3) is 7.61. The highest BCUT2D eigenvalue weighted by Crippen LogP contribution is 2.15. The molecule has 168 valence electrons. The molecule has 0 aromatic heterocycles. The van der Waals surface area contributed by atoms with E-state index < -0.39 is 0 Å². The Morgan fingerprint density at radius 1 is 1.03 bits per heavy atom. The number of hydrogen-bond acceptors (Lipinski definition) is 4. The Bertz CT molecular complexity index is 839. The molecule has 2 aromatic rings. The molecule has 8 heteroatoms. The van der Waals surface area contributed by atoms with Gasteiger partial charge in [0.2, 0.25) is 5.91 Å². The maximum atomic E-state index is 12.7. The number of carbonyl (C=O) groups excluding carboxylic acids is 1. The average Bonchev–Trinajstić information content (AvgIpc) is 2.81. The summed E-state index contributed by atoms with van der Waals surface area (Å²) in [5, 5.41) is 6.36. The number of anilines is 1. The van der Waals surface area contributed by atoms with Crippen molar-refractivity contribution >= 4 is 41.5 Å². The van der Waals surface area contributed by atoms with Crippen LogP contribution in [0.1, 0.15) is 12.5 Å². The van der Waals surface area contributed by atoms with Crippen molar-refractivity contribution in [3.05, 3.63) is 60.2 Å². The number of ether oxygens (including phenoxy) is 1.